The van der Waals surface area contributed by atoms with Gasteiger partial charge in [-0.05, 0) is 194 Å². The zero-order chi connectivity index (χ0) is 59.9. The van der Waals surface area contributed by atoms with Crippen LogP contribution in [0, 0.1) is 0 Å². The second-order valence-electron chi connectivity index (χ2n) is 23.9. The summed E-state index contributed by atoms with van der Waals surface area (Å²) < 4.78 is 6.58. The molecule has 1 heterocycles. The second kappa shape index (κ2) is 21.4. The van der Waals surface area contributed by atoms with E-state index in [1.54, 1.807) is 0 Å². The number of hydrogen-bond donors (Lipinski definition) is 0. The summed E-state index contributed by atoms with van der Waals surface area (Å²) in [5.41, 5.74) is 17.4. The highest BCUT2D eigenvalue weighted by Crippen LogP contribution is 2.49. The molecule has 0 fully saturated rings. The van der Waals surface area contributed by atoms with E-state index in [4.69, 9.17) is 4.42 Å². The largest absolute Gasteiger partial charge is 0.456 e. The molecular formula is C88H56N2O. The highest BCUT2D eigenvalue weighted by atomic mass is 16.3. The van der Waals surface area contributed by atoms with Gasteiger partial charge in [-0.15, -0.1) is 0 Å². The van der Waals surface area contributed by atoms with Crippen molar-refractivity contribution in [2.45, 2.75) is 0 Å². The fraction of sp³-hybridized carbons (Fsp3) is 0. The maximum absolute atomic E-state index is 6.58. The Kier molecular flexibility index (Phi) is 12.2. The van der Waals surface area contributed by atoms with E-state index in [1.807, 2.05) is 6.07 Å². The molecule has 0 aliphatic heterocycles. The summed E-state index contributed by atoms with van der Waals surface area (Å²) in [5, 5.41) is 19.3. The van der Waals surface area contributed by atoms with Crippen molar-refractivity contribution in [1.82, 2.24) is 0 Å². The summed E-state index contributed by atoms with van der Waals surface area (Å²) in [5.74, 6) is 0. The molecule has 1 aromatic heterocycles. The third kappa shape index (κ3) is 8.89. The number of furan rings is 1. The normalized spacial score (nSPS) is 11.7. The molecule has 0 atom stereocenters. The van der Waals surface area contributed by atoms with Crippen molar-refractivity contribution in [2.24, 2.45) is 0 Å². The number of nitrogens with zero attached hydrogens (tertiary/aromatic N) is 2. The van der Waals surface area contributed by atoms with Gasteiger partial charge in [0.05, 0.1) is 11.4 Å². The van der Waals surface area contributed by atoms with Crippen LogP contribution in [0.2, 0.25) is 0 Å². The minimum absolute atomic E-state index is 0.886. The van der Waals surface area contributed by atoms with E-state index in [9.17, 15) is 0 Å². The van der Waals surface area contributed by atoms with Crippen LogP contribution in [-0.2, 0) is 0 Å². The van der Waals surface area contributed by atoms with Crippen LogP contribution in [0.4, 0.5) is 34.1 Å². The van der Waals surface area contributed by atoms with Gasteiger partial charge in [0.1, 0.15) is 11.2 Å². The predicted molar refractivity (Wildman–Crippen MR) is 387 cm³/mol. The van der Waals surface area contributed by atoms with Crippen molar-refractivity contribution in [1.29, 1.82) is 0 Å². The van der Waals surface area contributed by atoms with Gasteiger partial charge < -0.3 is 14.2 Å². The number of hydrogen-bond acceptors (Lipinski definition) is 3. The van der Waals surface area contributed by atoms with Crippen LogP contribution >= 0.6 is 0 Å². The third-order valence-electron chi connectivity index (χ3n) is 18.8. The zero-order valence-corrected chi connectivity index (χ0v) is 49.6. The minimum atomic E-state index is 0.886. The molecule has 0 bridgehead atoms. The quantitative estimate of drug-likeness (QED) is 0.127. The van der Waals surface area contributed by atoms with Crippen LogP contribution in [0.3, 0.4) is 0 Å². The molecule has 3 nitrogen and oxygen atoms in total. The van der Waals surface area contributed by atoms with Gasteiger partial charge in [0.25, 0.3) is 0 Å². The molecule has 0 amide bonds. The number of anilines is 6. The lowest BCUT2D eigenvalue weighted by Gasteiger charge is -2.30. The summed E-state index contributed by atoms with van der Waals surface area (Å²) >= 11 is 0. The van der Waals surface area contributed by atoms with Crippen molar-refractivity contribution in [3.8, 4) is 44.5 Å². The molecule has 0 aliphatic rings. The first-order valence-corrected chi connectivity index (χ1v) is 31.3. The second-order valence-corrected chi connectivity index (χ2v) is 23.9. The van der Waals surface area contributed by atoms with Gasteiger partial charge in [0, 0.05) is 44.5 Å². The fourth-order valence-corrected chi connectivity index (χ4v) is 14.4. The number of fused-ring (bicyclic) bond motifs is 14. The molecule has 0 saturated heterocycles. The van der Waals surface area contributed by atoms with Gasteiger partial charge in [0.2, 0.25) is 0 Å². The number of benzene rings is 17. The maximum atomic E-state index is 6.58. The Morgan fingerprint density at radius 1 is 0.187 bits per heavy atom. The molecular weight excluding hydrogens is 1100 g/mol. The molecule has 3 heteroatoms. The Morgan fingerprint density at radius 2 is 0.659 bits per heavy atom. The first-order chi connectivity index (χ1) is 45.1. The Labute approximate surface area is 526 Å². The molecule has 0 aliphatic carbocycles. The zero-order valence-electron chi connectivity index (χ0n) is 49.6. The highest BCUT2D eigenvalue weighted by molar-refractivity contribution is 6.22. The van der Waals surface area contributed by atoms with Gasteiger partial charge >= 0.3 is 0 Å². The average molecular weight is 1160 g/mol. The predicted octanol–water partition coefficient (Wildman–Crippen LogP) is 25.3. The topological polar surface area (TPSA) is 19.6 Å². The molecule has 18 aromatic rings. The summed E-state index contributed by atoms with van der Waals surface area (Å²) in [6.45, 7) is 0. The molecule has 0 N–H and O–H groups in total. The van der Waals surface area contributed by atoms with Gasteiger partial charge in [-0.1, -0.05) is 255 Å². The Balaban J connectivity index is 0.784. The minimum Gasteiger partial charge on any atom is -0.456 e. The van der Waals surface area contributed by atoms with E-state index in [0.29, 0.717) is 0 Å². The third-order valence-corrected chi connectivity index (χ3v) is 18.8. The van der Waals surface area contributed by atoms with E-state index >= 15 is 0 Å². The summed E-state index contributed by atoms with van der Waals surface area (Å²) in [6.07, 6.45) is 0. The van der Waals surface area contributed by atoms with Crippen molar-refractivity contribution in [3.63, 3.8) is 0 Å². The Hall–Kier alpha value is -12.0. The summed E-state index contributed by atoms with van der Waals surface area (Å²) in [4.78, 5) is 4.90. The van der Waals surface area contributed by atoms with Crippen LogP contribution in [0.25, 0.3) is 142 Å². The van der Waals surface area contributed by atoms with Crippen LogP contribution in [0.15, 0.2) is 344 Å². The van der Waals surface area contributed by atoms with E-state index in [-0.39, 0.29) is 0 Å². The summed E-state index contributed by atoms with van der Waals surface area (Å²) in [7, 11) is 0. The molecule has 0 spiro atoms. The van der Waals surface area contributed by atoms with Crippen molar-refractivity contribution in [3.05, 3.63) is 340 Å². The molecule has 0 radical (unpaired) electrons. The van der Waals surface area contributed by atoms with Crippen LogP contribution in [0.1, 0.15) is 0 Å². The molecule has 424 valence electrons. The van der Waals surface area contributed by atoms with Gasteiger partial charge in [-0.2, -0.15) is 0 Å². The average Bonchev–Trinajstić information content (AvgIpc) is 1.83. The van der Waals surface area contributed by atoms with Gasteiger partial charge in [0.15, 0.2) is 0 Å². The molecule has 91 heavy (non-hydrogen) atoms. The molecule has 0 unspecified atom stereocenters. The van der Waals surface area contributed by atoms with E-state index in [2.05, 4.69) is 343 Å². The monoisotopic (exact) mass is 1160 g/mol. The summed E-state index contributed by atoms with van der Waals surface area (Å²) in [6, 6.07) is 125. The molecule has 17 aromatic carbocycles. The Bertz CT molecular complexity index is 5900. The van der Waals surface area contributed by atoms with Gasteiger partial charge in [-0.3, -0.25) is 0 Å². The van der Waals surface area contributed by atoms with Crippen molar-refractivity contribution < 1.29 is 4.42 Å². The molecule has 18 rings (SSSR count). The number of para-hydroxylation sites is 2. The fourth-order valence-electron chi connectivity index (χ4n) is 14.4. The molecule has 0 saturated carbocycles. The highest BCUT2D eigenvalue weighted by Gasteiger charge is 2.23. The first kappa shape index (κ1) is 52.1. The smallest absolute Gasteiger partial charge is 0.136 e. The van der Waals surface area contributed by atoms with Gasteiger partial charge in [-0.25, -0.2) is 0 Å². The van der Waals surface area contributed by atoms with E-state index < -0.39 is 0 Å². The first-order valence-electron chi connectivity index (χ1n) is 31.3. The standard InChI is InChI=1S/C88H56N2O/c1-2-17-57(18-3-1)61-41-49-75-66(51-61)35-36-67-54-71(47-50-76(67)75)89(68-43-37-58(38-44-68)62-42-48-74-65(52-62)34-33-59-19-4-6-23-72(59)74)70-22-16-21-63(53-70)77-25-12-14-31-84(77)90(85-55-64-20-5-7-24-73(64)78-26-8-10-28-80(78)85)69-45-39-60(40-46-69)83-56-87-88(81-29-11-9-27-79(81)83)82-30-13-15-32-86(82)91-87/h1-56H. The van der Waals surface area contributed by atoms with E-state index in [1.165, 1.54) is 92.1 Å². The van der Waals surface area contributed by atoms with Crippen LogP contribution < -0.4 is 9.80 Å². The SMILES string of the molecule is c1ccc(-c2ccc3c(ccc4cc(N(c5ccc(-c6ccc7c(ccc8ccccc87)c6)cc5)c5cccc(-c6ccccc6N(c6ccc(-c7cc8oc9ccccc9c8c8ccccc78)cc6)c6cc7ccccc7c7ccccc67)c5)ccc43)c2)cc1. The maximum Gasteiger partial charge on any atom is 0.136 e. The lowest BCUT2D eigenvalue weighted by Crippen LogP contribution is -2.12. The van der Waals surface area contributed by atoms with Crippen molar-refractivity contribution >= 4 is 131 Å². The lowest BCUT2D eigenvalue weighted by molar-refractivity contribution is 0.669. The number of rotatable bonds is 10. The van der Waals surface area contributed by atoms with Crippen LogP contribution in [0.5, 0.6) is 0 Å². The Morgan fingerprint density at radius 3 is 1.40 bits per heavy atom. The van der Waals surface area contributed by atoms with Crippen LogP contribution in [-0.4, -0.2) is 0 Å². The van der Waals surface area contributed by atoms with Crippen molar-refractivity contribution in [2.75, 3.05) is 9.80 Å². The van der Waals surface area contributed by atoms with E-state index in [0.717, 1.165) is 83.9 Å². The lowest BCUT2D eigenvalue weighted by atomic mass is 9.94.